The zero-order valence-corrected chi connectivity index (χ0v) is 10.3. The number of hydrogen-bond acceptors (Lipinski definition) is 2. The van der Waals surface area contributed by atoms with Crippen molar-refractivity contribution in [2.45, 2.75) is 39.0 Å². The molecule has 0 aliphatic heterocycles. The van der Waals surface area contributed by atoms with Crippen LogP contribution in [0.2, 0.25) is 0 Å². The molecule has 0 radical (unpaired) electrons. The smallest absolute Gasteiger partial charge is 0.230 e. The molecule has 3 heteroatoms. The minimum Gasteiger partial charge on any atom is -0.399 e. The van der Waals surface area contributed by atoms with Crippen LogP contribution in [0, 0.1) is 5.41 Å². The Morgan fingerprint density at radius 2 is 1.88 bits per heavy atom. The summed E-state index contributed by atoms with van der Waals surface area (Å²) < 4.78 is 0. The van der Waals surface area contributed by atoms with Crippen LogP contribution >= 0.6 is 0 Å². The number of nitrogens with one attached hydrogen (secondary N) is 1. The van der Waals surface area contributed by atoms with Gasteiger partial charge in [-0.2, -0.15) is 0 Å². The van der Waals surface area contributed by atoms with E-state index in [1.54, 1.807) is 0 Å². The molecule has 0 spiro atoms. The summed E-state index contributed by atoms with van der Waals surface area (Å²) in [4.78, 5) is 12.3. The van der Waals surface area contributed by atoms with E-state index < -0.39 is 0 Å². The quantitative estimate of drug-likeness (QED) is 0.786. The Morgan fingerprint density at radius 1 is 1.29 bits per heavy atom. The number of carbonyl (C=O) groups is 1. The van der Waals surface area contributed by atoms with Crippen molar-refractivity contribution in [2.24, 2.45) is 5.41 Å². The summed E-state index contributed by atoms with van der Waals surface area (Å²) in [6.07, 6.45) is 5.30. The van der Waals surface area contributed by atoms with Crippen LogP contribution in [0.3, 0.4) is 0 Å². The molecule has 3 N–H and O–H groups in total. The van der Waals surface area contributed by atoms with E-state index in [-0.39, 0.29) is 11.3 Å². The van der Waals surface area contributed by atoms with Crippen LogP contribution in [-0.2, 0) is 4.79 Å². The average Bonchev–Trinajstić information content (AvgIpc) is 2.82. The Kier molecular flexibility index (Phi) is 3.36. The Bertz CT molecular complexity index is 391. The van der Waals surface area contributed by atoms with E-state index in [0.717, 1.165) is 24.9 Å². The van der Waals surface area contributed by atoms with Gasteiger partial charge in [0.1, 0.15) is 0 Å². The first kappa shape index (κ1) is 12.0. The first-order valence-corrected chi connectivity index (χ1v) is 6.33. The highest BCUT2D eigenvalue weighted by molar-refractivity contribution is 5.95. The van der Waals surface area contributed by atoms with Crippen molar-refractivity contribution in [2.75, 3.05) is 11.1 Å². The van der Waals surface area contributed by atoms with Gasteiger partial charge in [-0.1, -0.05) is 19.8 Å². The third-order valence-electron chi connectivity index (χ3n) is 3.89. The molecular formula is C14H20N2O. The predicted octanol–water partition coefficient (Wildman–Crippen LogP) is 3.18. The maximum absolute atomic E-state index is 12.3. The van der Waals surface area contributed by atoms with Gasteiger partial charge in [-0.3, -0.25) is 4.79 Å². The molecule has 1 aromatic carbocycles. The van der Waals surface area contributed by atoms with Crippen molar-refractivity contribution in [1.29, 1.82) is 0 Å². The second-order valence-electron chi connectivity index (χ2n) is 4.92. The van der Waals surface area contributed by atoms with Crippen LogP contribution in [-0.4, -0.2) is 5.91 Å². The molecular weight excluding hydrogens is 212 g/mol. The number of rotatable bonds is 3. The van der Waals surface area contributed by atoms with E-state index in [2.05, 4.69) is 12.2 Å². The second kappa shape index (κ2) is 4.78. The first-order valence-electron chi connectivity index (χ1n) is 6.33. The minimum absolute atomic E-state index is 0.138. The fourth-order valence-corrected chi connectivity index (χ4v) is 2.62. The summed E-state index contributed by atoms with van der Waals surface area (Å²) in [5, 5.41) is 3.01. The van der Waals surface area contributed by atoms with E-state index in [9.17, 15) is 4.79 Å². The monoisotopic (exact) mass is 232 g/mol. The van der Waals surface area contributed by atoms with Crippen molar-refractivity contribution >= 4 is 17.3 Å². The fourth-order valence-electron chi connectivity index (χ4n) is 2.62. The van der Waals surface area contributed by atoms with E-state index in [0.29, 0.717) is 5.69 Å². The Morgan fingerprint density at radius 3 is 2.41 bits per heavy atom. The Labute approximate surface area is 102 Å². The van der Waals surface area contributed by atoms with Gasteiger partial charge in [0.05, 0.1) is 0 Å². The number of anilines is 2. The number of carbonyl (C=O) groups excluding carboxylic acids is 1. The van der Waals surface area contributed by atoms with Crippen molar-refractivity contribution in [1.82, 2.24) is 0 Å². The fraction of sp³-hybridized carbons (Fsp3) is 0.500. The van der Waals surface area contributed by atoms with Crippen molar-refractivity contribution in [3.63, 3.8) is 0 Å². The van der Waals surface area contributed by atoms with Gasteiger partial charge in [0, 0.05) is 16.8 Å². The summed E-state index contributed by atoms with van der Waals surface area (Å²) in [5.74, 6) is 0.169. The first-order chi connectivity index (χ1) is 8.16. The van der Waals surface area contributed by atoms with Gasteiger partial charge in [0.15, 0.2) is 0 Å². The maximum Gasteiger partial charge on any atom is 0.230 e. The topological polar surface area (TPSA) is 55.1 Å². The van der Waals surface area contributed by atoms with Gasteiger partial charge in [0.25, 0.3) is 0 Å². The largest absolute Gasteiger partial charge is 0.399 e. The molecule has 1 aliphatic rings. The van der Waals surface area contributed by atoms with E-state index in [4.69, 9.17) is 5.73 Å². The molecule has 1 fully saturated rings. The van der Waals surface area contributed by atoms with Gasteiger partial charge in [0.2, 0.25) is 5.91 Å². The number of nitrogens with two attached hydrogens (primary N) is 1. The van der Waals surface area contributed by atoms with Crippen molar-refractivity contribution in [3.8, 4) is 0 Å². The third kappa shape index (κ3) is 2.43. The normalized spacial score (nSPS) is 17.9. The molecule has 0 aromatic heterocycles. The molecule has 2 rings (SSSR count). The highest BCUT2D eigenvalue weighted by atomic mass is 16.2. The lowest BCUT2D eigenvalue weighted by Crippen LogP contribution is -2.33. The maximum atomic E-state index is 12.3. The lowest BCUT2D eigenvalue weighted by molar-refractivity contribution is -0.125. The van der Waals surface area contributed by atoms with Crippen LogP contribution in [0.5, 0.6) is 0 Å². The standard InChI is InChI=1S/C14H20N2O/c1-2-14(9-3-4-10-14)13(17)16-12-7-5-11(15)6-8-12/h5-8H,2-4,9-10,15H2,1H3,(H,16,17). The molecule has 1 aliphatic carbocycles. The third-order valence-corrected chi connectivity index (χ3v) is 3.89. The predicted molar refractivity (Wildman–Crippen MR) is 70.7 cm³/mol. The van der Waals surface area contributed by atoms with Crippen LogP contribution in [0.25, 0.3) is 0 Å². The molecule has 1 amide bonds. The van der Waals surface area contributed by atoms with E-state index in [1.165, 1.54) is 12.8 Å². The molecule has 0 unspecified atom stereocenters. The molecule has 3 nitrogen and oxygen atoms in total. The summed E-state index contributed by atoms with van der Waals surface area (Å²) in [7, 11) is 0. The van der Waals surface area contributed by atoms with Gasteiger partial charge in [-0.05, 0) is 43.5 Å². The van der Waals surface area contributed by atoms with E-state index >= 15 is 0 Å². The number of hydrogen-bond donors (Lipinski definition) is 2. The molecule has 17 heavy (non-hydrogen) atoms. The number of nitrogen functional groups attached to an aromatic ring is 1. The van der Waals surface area contributed by atoms with Crippen LogP contribution < -0.4 is 11.1 Å². The van der Waals surface area contributed by atoms with Crippen LogP contribution in [0.15, 0.2) is 24.3 Å². The molecule has 0 heterocycles. The van der Waals surface area contributed by atoms with Gasteiger partial charge < -0.3 is 11.1 Å². The molecule has 1 saturated carbocycles. The van der Waals surface area contributed by atoms with E-state index in [1.807, 2.05) is 24.3 Å². The summed E-state index contributed by atoms with van der Waals surface area (Å²) in [6, 6.07) is 7.32. The lowest BCUT2D eigenvalue weighted by Gasteiger charge is -2.26. The Balaban J connectivity index is 2.08. The minimum atomic E-state index is -0.138. The van der Waals surface area contributed by atoms with Gasteiger partial charge in [-0.25, -0.2) is 0 Å². The van der Waals surface area contributed by atoms with Crippen molar-refractivity contribution < 1.29 is 4.79 Å². The molecule has 92 valence electrons. The molecule has 0 saturated heterocycles. The molecule has 0 bridgehead atoms. The zero-order valence-electron chi connectivity index (χ0n) is 10.3. The molecule has 1 aromatic rings. The average molecular weight is 232 g/mol. The summed E-state index contributed by atoms with van der Waals surface area (Å²) >= 11 is 0. The van der Waals surface area contributed by atoms with Gasteiger partial charge >= 0.3 is 0 Å². The number of benzene rings is 1. The lowest BCUT2D eigenvalue weighted by atomic mass is 9.82. The second-order valence-corrected chi connectivity index (χ2v) is 4.92. The Hall–Kier alpha value is -1.51. The molecule has 0 atom stereocenters. The highest BCUT2D eigenvalue weighted by Gasteiger charge is 2.39. The van der Waals surface area contributed by atoms with Gasteiger partial charge in [-0.15, -0.1) is 0 Å². The van der Waals surface area contributed by atoms with Crippen LogP contribution in [0.1, 0.15) is 39.0 Å². The SMILES string of the molecule is CCC1(C(=O)Nc2ccc(N)cc2)CCCC1. The van der Waals surface area contributed by atoms with Crippen LogP contribution in [0.4, 0.5) is 11.4 Å². The highest BCUT2D eigenvalue weighted by Crippen LogP contribution is 2.41. The summed E-state index contributed by atoms with van der Waals surface area (Å²) in [5.41, 5.74) is 7.04. The number of amides is 1. The van der Waals surface area contributed by atoms with Crippen molar-refractivity contribution in [3.05, 3.63) is 24.3 Å². The zero-order chi connectivity index (χ0) is 12.3. The summed E-state index contributed by atoms with van der Waals surface area (Å²) in [6.45, 7) is 2.11.